The number of rotatable bonds is 6. The van der Waals surface area contributed by atoms with Gasteiger partial charge in [-0.05, 0) is 20.8 Å². The van der Waals surface area contributed by atoms with E-state index in [9.17, 15) is 4.79 Å². The molecule has 0 unspecified atom stereocenters. The zero-order valence-electron chi connectivity index (χ0n) is 15.0. The Morgan fingerprint density at radius 3 is 2.96 bits per heavy atom. The minimum atomic E-state index is -0.173. The van der Waals surface area contributed by atoms with Crippen molar-refractivity contribution in [2.75, 3.05) is 13.7 Å². The molecule has 1 aliphatic heterocycles. The average Bonchev–Trinajstić information content (AvgIpc) is 3.14. The molecule has 1 N–H and O–H groups in total. The van der Waals surface area contributed by atoms with E-state index < -0.39 is 0 Å². The third-order valence-electron chi connectivity index (χ3n) is 4.38. The van der Waals surface area contributed by atoms with Crippen LogP contribution >= 0.6 is 0 Å². The summed E-state index contributed by atoms with van der Waals surface area (Å²) in [6, 6.07) is 0. The number of hydrogen-bond donors (Lipinski definition) is 1. The summed E-state index contributed by atoms with van der Waals surface area (Å²) >= 11 is 0. The largest absolute Gasteiger partial charge is 0.383 e. The van der Waals surface area contributed by atoms with Crippen LogP contribution < -0.4 is 5.32 Å². The van der Waals surface area contributed by atoms with Gasteiger partial charge in [0.05, 0.1) is 37.6 Å². The van der Waals surface area contributed by atoms with Crippen LogP contribution in [-0.2, 0) is 29.0 Å². The van der Waals surface area contributed by atoms with Crippen LogP contribution in [0.5, 0.6) is 0 Å². The van der Waals surface area contributed by atoms with Crippen LogP contribution in [0, 0.1) is 6.92 Å². The van der Waals surface area contributed by atoms with Crippen LogP contribution in [0.25, 0.3) is 0 Å². The molecule has 25 heavy (non-hydrogen) atoms. The Bertz CT molecular complexity index is 752. The number of methoxy groups -OCH3 is 1. The Morgan fingerprint density at radius 2 is 2.28 bits per heavy atom. The Labute approximate surface area is 146 Å². The van der Waals surface area contributed by atoms with Gasteiger partial charge in [0.2, 0.25) is 0 Å². The van der Waals surface area contributed by atoms with Gasteiger partial charge in [0.1, 0.15) is 17.7 Å². The zero-order valence-corrected chi connectivity index (χ0v) is 15.0. The summed E-state index contributed by atoms with van der Waals surface area (Å²) in [5.74, 6) is -0.173. The summed E-state index contributed by atoms with van der Waals surface area (Å²) in [5.41, 5.74) is 3.99. The molecule has 0 fully saturated rings. The van der Waals surface area contributed by atoms with Gasteiger partial charge in [-0.1, -0.05) is 5.16 Å². The monoisotopic (exact) mass is 348 g/mol. The molecule has 0 bridgehead atoms. The highest BCUT2D eigenvalue weighted by Crippen LogP contribution is 2.31. The molecule has 3 rings (SSSR count). The highest BCUT2D eigenvalue weighted by atomic mass is 16.5. The summed E-state index contributed by atoms with van der Waals surface area (Å²) in [5, 5.41) is 11.4. The second-order valence-electron chi connectivity index (χ2n) is 6.35. The van der Waals surface area contributed by atoms with Crippen molar-refractivity contribution in [2.24, 2.45) is 0 Å². The third kappa shape index (κ3) is 3.59. The van der Waals surface area contributed by atoms with Gasteiger partial charge in [0.25, 0.3) is 5.91 Å². The first-order valence-corrected chi connectivity index (χ1v) is 8.43. The molecule has 0 saturated carbocycles. The van der Waals surface area contributed by atoms with Gasteiger partial charge in [0, 0.05) is 24.7 Å². The van der Waals surface area contributed by atoms with Gasteiger partial charge < -0.3 is 19.3 Å². The summed E-state index contributed by atoms with van der Waals surface area (Å²) in [6.07, 6.45) is 2.14. The lowest BCUT2D eigenvalue weighted by Gasteiger charge is -2.24. The van der Waals surface area contributed by atoms with E-state index >= 15 is 0 Å². The average molecular weight is 348 g/mol. The smallest absolute Gasteiger partial charge is 0.270 e. The number of carbonyl (C=O) groups excluding carboxylic acids is 1. The molecule has 0 aliphatic carbocycles. The normalized spacial score (nSPS) is 19.7. The molecule has 0 spiro atoms. The van der Waals surface area contributed by atoms with Gasteiger partial charge in [-0.2, -0.15) is 5.10 Å². The second-order valence-corrected chi connectivity index (χ2v) is 6.35. The topological polar surface area (TPSA) is 91.4 Å². The van der Waals surface area contributed by atoms with Gasteiger partial charge in [-0.3, -0.25) is 9.48 Å². The fraction of sp³-hybridized carbons (Fsp3) is 0.588. The van der Waals surface area contributed by atoms with Crippen molar-refractivity contribution in [3.05, 3.63) is 34.5 Å². The van der Waals surface area contributed by atoms with Crippen molar-refractivity contribution in [2.45, 2.75) is 52.5 Å². The lowest BCUT2D eigenvalue weighted by Crippen LogP contribution is -2.29. The zero-order chi connectivity index (χ0) is 18.0. The van der Waals surface area contributed by atoms with Crippen molar-refractivity contribution in [1.29, 1.82) is 0 Å². The highest BCUT2D eigenvalue weighted by molar-refractivity contribution is 5.94. The van der Waals surface area contributed by atoms with E-state index in [-0.39, 0.29) is 18.1 Å². The van der Waals surface area contributed by atoms with Crippen LogP contribution in [0.2, 0.25) is 0 Å². The Balaban J connectivity index is 1.87. The fourth-order valence-electron chi connectivity index (χ4n) is 3.12. The lowest BCUT2D eigenvalue weighted by atomic mass is 9.99. The van der Waals surface area contributed by atoms with E-state index in [4.69, 9.17) is 14.0 Å². The van der Waals surface area contributed by atoms with Gasteiger partial charge in [-0.25, -0.2) is 0 Å². The molecule has 0 aromatic carbocycles. The molecule has 8 heteroatoms. The van der Waals surface area contributed by atoms with Crippen molar-refractivity contribution in [3.63, 3.8) is 0 Å². The van der Waals surface area contributed by atoms with Crippen molar-refractivity contribution < 1.29 is 18.8 Å². The van der Waals surface area contributed by atoms with E-state index in [1.165, 1.54) is 0 Å². The number of aromatic nitrogens is 3. The fourth-order valence-corrected chi connectivity index (χ4v) is 3.12. The molecule has 3 heterocycles. The standard InChI is InChI=1S/C17H24N4O4/c1-10-9-24-20-14(10)8-18-17(22)16-13-7-11(2)25-12(3)15(13)19-21(16)5-6-23-4/h9,11-12H,5-8H2,1-4H3,(H,18,22)/t11-,12+/m0/s1. The first-order valence-electron chi connectivity index (χ1n) is 8.43. The lowest BCUT2D eigenvalue weighted by molar-refractivity contribution is -0.00716. The Morgan fingerprint density at radius 1 is 1.48 bits per heavy atom. The number of amides is 1. The molecule has 136 valence electrons. The third-order valence-corrected chi connectivity index (χ3v) is 4.38. The molecule has 2 aromatic rings. The SMILES string of the molecule is COCCn1nc2c(c1C(=O)NCc1nocc1C)C[C@H](C)O[C@@H]2C. The van der Waals surface area contributed by atoms with E-state index in [0.29, 0.717) is 31.8 Å². The number of aryl methyl sites for hydroxylation is 1. The van der Waals surface area contributed by atoms with E-state index in [2.05, 4.69) is 15.6 Å². The molecule has 0 saturated heterocycles. The molecule has 2 aromatic heterocycles. The minimum absolute atomic E-state index is 0.0481. The van der Waals surface area contributed by atoms with Gasteiger partial charge in [0.15, 0.2) is 0 Å². The maximum absolute atomic E-state index is 12.9. The Hall–Kier alpha value is -2.19. The molecular weight excluding hydrogens is 324 g/mol. The molecular formula is C17H24N4O4. The maximum atomic E-state index is 12.9. The van der Waals surface area contributed by atoms with Crippen LogP contribution in [0.1, 0.15) is 53.0 Å². The van der Waals surface area contributed by atoms with Crippen LogP contribution in [0.4, 0.5) is 0 Å². The predicted octanol–water partition coefficient (Wildman–Crippen LogP) is 1.78. The summed E-state index contributed by atoms with van der Waals surface area (Å²) in [7, 11) is 1.63. The van der Waals surface area contributed by atoms with E-state index in [1.807, 2.05) is 20.8 Å². The van der Waals surface area contributed by atoms with E-state index in [1.54, 1.807) is 18.1 Å². The molecule has 1 aliphatic rings. The maximum Gasteiger partial charge on any atom is 0.270 e. The summed E-state index contributed by atoms with van der Waals surface area (Å²) in [4.78, 5) is 12.9. The van der Waals surface area contributed by atoms with Gasteiger partial charge in [-0.15, -0.1) is 0 Å². The van der Waals surface area contributed by atoms with Crippen LogP contribution in [0.15, 0.2) is 10.8 Å². The van der Waals surface area contributed by atoms with Gasteiger partial charge >= 0.3 is 0 Å². The molecule has 8 nitrogen and oxygen atoms in total. The number of ether oxygens (including phenoxy) is 2. The van der Waals surface area contributed by atoms with Crippen molar-refractivity contribution >= 4 is 5.91 Å². The van der Waals surface area contributed by atoms with Crippen LogP contribution in [0.3, 0.4) is 0 Å². The minimum Gasteiger partial charge on any atom is -0.383 e. The quantitative estimate of drug-likeness (QED) is 0.855. The number of hydrogen-bond acceptors (Lipinski definition) is 6. The first-order chi connectivity index (χ1) is 12.0. The van der Waals surface area contributed by atoms with Crippen molar-refractivity contribution in [1.82, 2.24) is 20.3 Å². The Kier molecular flexibility index (Phi) is 5.19. The number of carbonyl (C=O) groups is 1. The predicted molar refractivity (Wildman–Crippen MR) is 89.2 cm³/mol. The number of nitrogens with one attached hydrogen (secondary N) is 1. The summed E-state index contributed by atoms with van der Waals surface area (Å²) < 4.78 is 17.6. The second kappa shape index (κ2) is 7.37. The molecule has 1 amide bonds. The highest BCUT2D eigenvalue weighted by Gasteiger charge is 2.32. The molecule has 2 atom stereocenters. The van der Waals surface area contributed by atoms with Crippen LogP contribution in [-0.4, -0.2) is 40.7 Å². The summed E-state index contributed by atoms with van der Waals surface area (Å²) in [6.45, 7) is 7.16. The van der Waals surface area contributed by atoms with Crippen molar-refractivity contribution in [3.8, 4) is 0 Å². The van der Waals surface area contributed by atoms with E-state index in [0.717, 1.165) is 22.5 Å². The number of nitrogens with zero attached hydrogens (tertiary/aromatic N) is 3. The number of fused-ring (bicyclic) bond motifs is 1. The first kappa shape index (κ1) is 17.6. The molecule has 0 radical (unpaired) electrons.